The molecule has 0 bridgehead atoms. The van der Waals surface area contributed by atoms with E-state index < -0.39 is 6.98 Å². The van der Waals surface area contributed by atoms with Crippen LogP contribution in [0.15, 0.2) is 249 Å². The molecule has 0 spiro atoms. The van der Waals surface area contributed by atoms with Gasteiger partial charge in [0.1, 0.15) is 34.4 Å². The third-order valence-electron chi connectivity index (χ3n) is 20.4. The molecule has 103 heavy (non-hydrogen) atoms. The van der Waals surface area contributed by atoms with Crippen molar-refractivity contribution in [3.63, 3.8) is 0 Å². The Hall–Kier alpha value is -13.8. The Bertz CT molecular complexity index is 7230. The zero-order valence-electron chi connectivity index (χ0n) is 57.7. The summed E-state index contributed by atoms with van der Waals surface area (Å²) in [6, 6.07) is 49.0. The molecule has 25 heteroatoms. The Labute approximate surface area is 590 Å². The molecule has 0 unspecified atom stereocenters. The molecular formula is C78H56N23OS+5. The van der Waals surface area contributed by atoms with Crippen LogP contribution in [0.3, 0.4) is 0 Å². The number of para-hydroxylation sites is 1. The van der Waals surface area contributed by atoms with E-state index in [2.05, 4.69) is 168 Å². The smallest absolute Gasteiger partial charge is 0.354 e. The van der Waals surface area contributed by atoms with E-state index in [-0.39, 0.29) is 0 Å². The average Bonchev–Trinajstić information content (AvgIpc) is 1.56. The number of rotatable bonds is 1. The van der Waals surface area contributed by atoms with Crippen molar-refractivity contribution in [1.82, 2.24) is 86.5 Å². The van der Waals surface area contributed by atoms with Crippen molar-refractivity contribution in [1.29, 1.82) is 0 Å². The summed E-state index contributed by atoms with van der Waals surface area (Å²) in [4.78, 5) is 26.8. The molecule has 0 radical (unpaired) electrons. The van der Waals surface area contributed by atoms with Crippen LogP contribution >= 0.6 is 11.3 Å². The van der Waals surface area contributed by atoms with Crippen LogP contribution in [-0.2, 0) is 46.7 Å². The molecule has 26 rings (SSSR count). The highest BCUT2D eigenvalue weighted by Gasteiger charge is 2.39. The highest BCUT2D eigenvalue weighted by atomic mass is 32.1. The van der Waals surface area contributed by atoms with E-state index in [9.17, 15) is 0 Å². The summed E-state index contributed by atoms with van der Waals surface area (Å²) >= 11 is 1.82. The van der Waals surface area contributed by atoms with Gasteiger partial charge in [-0.3, -0.25) is 38.5 Å². The molecule has 5 aliphatic rings. The fraction of sp³-hybridized carbons (Fsp3) is 0.0897. The van der Waals surface area contributed by atoms with Gasteiger partial charge in [0.15, 0.2) is 33.4 Å². The zero-order valence-corrected chi connectivity index (χ0v) is 55.5. The number of hydrogen-bond donors (Lipinski definition) is 0. The van der Waals surface area contributed by atoms with Gasteiger partial charge in [-0.25, -0.2) is 23.3 Å². The molecule has 0 N–H and O–H groups in total. The van der Waals surface area contributed by atoms with E-state index in [4.69, 9.17) is 8.53 Å². The number of aromatic nitrogens is 23. The van der Waals surface area contributed by atoms with Crippen molar-refractivity contribution in [3.8, 4) is 61.9 Å². The van der Waals surface area contributed by atoms with Crippen molar-refractivity contribution in [2.24, 2.45) is 14.0 Å². The second kappa shape index (κ2) is 21.8. The van der Waals surface area contributed by atoms with Crippen LogP contribution in [0, 0.1) is 0 Å². The first-order chi connectivity index (χ1) is 52.1. The summed E-state index contributed by atoms with van der Waals surface area (Å²) < 4.78 is 57.1. The van der Waals surface area contributed by atoms with Crippen LogP contribution in [0.25, 0.3) is 145 Å². The van der Waals surface area contributed by atoms with Crippen molar-refractivity contribution >= 4 is 94.1 Å². The first-order valence-electron chi connectivity index (χ1n) is 35.1. The lowest BCUT2D eigenvalue weighted by molar-refractivity contribution is -0.651. The molecule has 5 aliphatic heterocycles. The lowest BCUT2D eigenvalue weighted by Crippen LogP contribution is -2.32. The predicted molar refractivity (Wildman–Crippen MR) is 384 cm³/mol. The van der Waals surface area contributed by atoms with Crippen LogP contribution in [-0.4, -0.2) is 86.5 Å². The topological polar surface area (TPSA) is 198 Å². The first-order valence-corrected chi connectivity index (χ1v) is 34.4. The Morgan fingerprint density at radius 1 is 0.417 bits per heavy atom. The first kappa shape index (κ1) is 54.1. The molecule has 490 valence electrons. The van der Waals surface area contributed by atoms with E-state index in [0.717, 1.165) is 110 Å². The second-order valence-corrected chi connectivity index (χ2v) is 26.9. The summed E-state index contributed by atoms with van der Waals surface area (Å²) in [6.45, 7) is 1.70. The fourth-order valence-corrected chi connectivity index (χ4v) is 17.3. The van der Waals surface area contributed by atoms with Crippen LogP contribution in [0.1, 0.15) is 31.9 Å². The summed E-state index contributed by atoms with van der Waals surface area (Å²) in [7, 11) is 2.11. The normalized spacial score (nSPS) is 13.5. The lowest BCUT2D eigenvalue weighted by atomic mass is 10.1. The molecule has 21 aromatic rings. The molecule has 0 saturated heterocycles. The maximum atomic E-state index is 7.99. The fourth-order valence-electron chi connectivity index (χ4n) is 16.0. The molecule has 0 aliphatic carbocycles. The predicted octanol–water partition coefficient (Wildman–Crippen LogP) is 10.1. The van der Waals surface area contributed by atoms with Gasteiger partial charge in [-0.2, -0.15) is 9.13 Å². The van der Waals surface area contributed by atoms with Gasteiger partial charge in [-0.05, 0) is 108 Å². The van der Waals surface area contributed by atoms with Crippen molar-refractivity contribution in [3.05, 3.63) is 273 Å². The number of thiazole rings is 1. The van der Waals surface area contributed by atoms with E-state index in [0.29, 0.717) is 17.9 Å². The number of fused-ring (bicyclic) bond motifs is 35. The van der Waals surface area contributed by atoms with Crippen molar-refractivity contribution in [2.45, 2.75) is 32.7 Å². The maximum Gasteiger partial charge on any atom is 0.354 e. The molecule has 0 saturated carbocycles. The summed E-state index contributed by atoms with van der Waals surface area (Å²) in [6.07, 6.45) is 29.7. The van der Waals surface area contributed by atoms with Gasteiger partial charge in [-0.15, -0.1) is 28.8 Å². The largest absolute Gasteiger partial charge is 0.413 e. The minimum atomic E-state index is -2.27. The molecule has 0 amide bonds. The molecule has 0 fully saturated rings. The number of pyridine rings is 5. The molecule has 25 heterocycles. The quantitative estimate of drug-likeness (QED) is 0.142. The van der Waals surface area contributed by atoms with Gasteiger partial charge in [0.2, 0.25) is 28.6 Å². The minimum Gasteiger partial charge on any atom is -0.413 e. The third kappa shape index (κ3) is 8.35. The monoisotopic (exact) mass is 1370 g/mol. The van der Waals surface area contributed by atoms with Crippen molar-refractivity contribution < 1.29 is 31.4 Å². The van der Waals surface area contributed by atoms with E-state index in [1.54, 1.807) is 35.5 Å². The lowest BCUT2D eigenvalue weighted by Gasteiger charge is -2.03. The van der Waals surface area contributed by atoms with Gasteiger partial charge < -0.3 is 4.42 Å². The maximum absolute atomic E-state index is 7.99. The molecule has 24 nitrogen and oxygen atoms in total. The van der Waals surface area contributed by atoms with Gasteiger partial charge >= 0.3 is 5.65 Å². The Morgan fingerprint density at radius 3 is 1.48 bits per heavy atom. The summed E-state index contributed by atoms with van der Waals surface area (Å²) in [5.74, 6) is 4.00. The van der Waals surface area contributed by atoms with E-state index in [1.165, 1.54) is 81.5 Å². The molecule has 0 atom stereocenters. The average molecular weight is 1370 g/mol. The number of aryl methyl sites for hydroxylation is 2. The van der Waals surface area contributed by atoms with Gasteiger partial charge in [0.05, 0.1) is 96.4 Å². The van der Waals surface area contributed by atoms with Crippen LogP contribution in [0.2, 0.25) is 0 Å². The highest BCUT2D eigenvalue weighted by molar-refractivity contribution is 7.20. The number of imidazole rings is 3. The number of hydrogen-bond acceptors (Lipinski definition) is 12. The molecule has 1 aromatic carbocycles. The Balaban J connectivity index is 0.0000000830. The SMILES string of the molecule is Cn1c2[n+](c3c1cc1cccnn13)Cc1cnccc1-2.[2H]C([2H])([2H])n1c2[n+](c3c1cc1cccnn13)Cc1cnccc1-2.c1ccc(-n2c3[n+](c4c2cc2cccnn24)Cc2cnccc2-3)cc1.c1cnc2cc3c(sc4[n+]3Cc3cnccc3-4)n2c1.c1cnn2c(c1)cc1oc3[n+](c12)Cc1cnccc1-3. The van der Waals surface area contributed by atoms with Gasteiger partial charge in [0, 0.05) is 126 Å². The number of oxazole rings is 1. The van der Waals surface area contributed by atoms with Crippen LogP contribution in [0.4, 0.5) is 0 Å². The standard InChI is InChI=1S/C20H14N5.2C15H12N5.C14H9N4O.C14H9N4S/c1-2-5-15(6-3-1)24-18-11-16-7-4-9-22-25(16)20(18)23-13-14-12-21-10-8-17(14)19(23)24;2*1-18-13-7-11-3-2-5-17-20(11)15(13)19-9-10-8-16-6-4-12(10)14(18)19;1-2-10-6-12-13(18(10)16-4-1)17-8-9-7-15-5-3-11(9)14(17)19-12;1-3-16-12-6-11-14(17(12)5-1)19-13-10-2-4-15-7-9(10)8-18(11)13/h1-12H,13H2;2*2-8H,9H2,1H3;2*1-7H,8H2/q5*+1/i;1D3;;;. The van der Waals surface area contributed by atoms with Gasteiger partial charge in [-0.1, -0.05) is 27.8 Å². The summed E-state index contributed by atoms with van der Waals surface area (Å²) in [5, 5.41) is 19.2. The minimum absolute atomic E-state index is 0.598. The highest BCUT2D eigenvalue weighted by Crippen LogP contribution is 2.39. The summed E-state index contributed by atoms with van der Waals surface area (Å²) in [5.41, 5.74) is 27.4. The zero-order chi connectivity index (χ0) is 70.2. The molecule has 20 aromatic heterocycles. The second-order valence-electron chi connectivity index (χ2n) is 26.0. The number of nitrogens with zero attached hydrogens (tertiary/aromatic N) is 23. The van der Waals surface area contributed by atoms with Gasteiger partial charge in [0.25, 0.3) is 27.8 Å². The van der Waals surface area contributed by atoms with Crippen LogP contribution < -0.4 is 22.8 Å². The Kier molecular flexibility index (Phi) is 11.5. The van der Waals surface area contributed by atoms with E-state index in [1.807, 2.05) is 164 Å². The Morgan fingerprint density at radius 2 is 0.883 bits per heavy atom. The number of benzene rings is 1. The molecular weight excluding hydrogens is 1310 g/mol. The van der Waals surface area contributed by atoms with Crippen LogP contribution in [0.5, 0.6) is 0 Å². The van der Waals surface area contributed by atoms with Crippen molar-refractivity contribution in [2.75, 3.05) is 0 Å². The third-order valence-corrected chi connectivity index (χ3v) is 21.6. The van der Waals surface area contributed by atoms with E-state index >= 15 is 0 Å².